The van der Waals surface area contributed by atoms with Crippen molar-refractivity contribution in [2.75, 3.05) is 0 Å². The van der Waals surface area contributed by atoms with Crippen LogP contribution in [0.4, 0.5) is 4.39 Å². The Kier molecular flexibility index (Phi) is 4.10. The molecule has 1 aliphatic heterocycles. The molecule has 2 unspecified atom stereocenters. The highest BCUT2D eigenvalue weighted by molar-refractivity contribution is 6.30. The van der Waals surface area contributed by atoms with Crippen molar-refractivity contribution in [1.29, 1.82) is 5.26 Å². The first-order chi connectivity index (χ1) is 9.88. The summed E-state index contributed by atoms with van der Waals surface area (Å²) in [4.78, 5) is 15.6. The number of hydrogen-bond donors (Lipinski definition) is 1. The second-order valence-electron chi connectivity index (χ2n) is 4.78. The average Bonchev–Trinajstić information content (AvgIpc) is 2.40. The van der Waals surface area contributed by atoms with Gasteiger partial charge in [-0.2, -0.15) is 5.26 Å². The Morgan fingerprint density at radius 2 is 2.14 bits per heavy atom. The number of carbonyl (C=O) groups is 1. The Hall–Kier alpha value is -2.19. The molecule has 2 rings (SSSR count). The van der Waals surface area contributed by atoms with E-state index in [2.05, 4.69) is 4.99 Å². The van der Waals surface area contributed by atoms with Gasteiger partial charge in [0.1, 0.15) is 5.82 Å². The Morgan fingerprint density at radius 1 is 1.48 bits per heavy atom. The summed E-state index contributed by atoms with van der Waals surface area (Å²) >= 11 is 5.77. The smallest absolute Gasteiger partial charge is 0.334 e. The van der Waals surface area contributed by atoms with Crippen molar-refractivity contribution in [2.45, 2.75) is 19.8 Å². The molecule has 1 aromatic carbocycles. The lowest BCUT2D eigenvalue weighted by Gasteiger charge is -2.28. The van der Waals surface area contributed by atoms with Crippen LogP contribution in [0.3, 0.4) is 0 Å². The maximum atomic E-state index is 14.3. The van der Waals surface area contributed by atoms with Gasteiger partial charge in [0.2, 0.25) is 0 Å². The van der Waals surface area contributed by atoms with Gasteiger partial charge in [0.05, 0.1) is 22.6 Å². The van der Waals surface area contributed by atoms with E-state index < -0.39 is 23.6 Å². The van der Waals surface area contributed by atoms with E-state index >= 15 is 0 Å². The van der Waals surface area contributed by atoms with E-state index in [0.717, 1.165) is 0 Å². The molecule has 0 bridgehead atoms. The summed E-state index contributed by atoms with van der Waals surface area (Å²) in [5.41, 5.74) is 0.758. The number of allylic oxidation sites excluding steroid dienone is 1. The van der Waals surface area contributed by atoms with Gasteiger partial charge in [-0.25, -0.2) is 9.18 Å². The van der Waals surface area contributed by atoms with Crippen molar-refractivity contribution in [2.24, 2.45) is 10.9 Å². The Bertz CT molecular complexity index is 719. The lowest BCUT2D eigenvalue weighted by molar-refractivity contribution is -0.133. The summed E-state index contributed by atoms with van der Waals surface area (Å²) < 4.78 is 14.3. The molecule has 1 N–H and O–H groups in total. The van der Waals surface area contributed by atoms with Gasteiger partial charge in [-0.1, -0.05) is 23.7 Å². The molecule has 1 aliphatic rings. The van der Waals surface area contributed by atoms with Crippen LogP contribution in [-0.2, 0) is 4.79 Å². The van der Waals surface area contributed by atoms with Crippen molar-refractivity contribution >= 4 is 23.3 Å². The predicted molar refractivity (Wildman–Crippen MR) is 76.7 cm³/mol. The third-order valence-electron chi connectivity index (χ3n) is 3.51. The van der Waals surface area contributed by atoms with Crippen LogP contribution < -0.4 is 0 Å². The summed E-state index contributed by atoms with van der Waals surface area (Å²) in [6.45, 7) is 3.17. The van der Waals surface area contributed by atoms with Crippen LogP contribution in [0.25, 0.3) is 0 Å². The zero-order valence-corrected chi connectivity index (χ0v) is 12.1. The van der Waals surface area contributed by atoms with Crippen LogP contribution in [0.2, 0.25) is 5.02 Å². The van der Waals surface area contributed by atoms with E-state index in [9.17, 15) is 19.6 Å². The van der Waals surface area contributed by atoms with E-state index in [4.69, 9.17) is 11.6 Å². The van der Waals surface area contributed by atoms with Gasteiger partial charge in [-0.3, -0.25) is 4.99 Å². The zero-order chi connectivity index (χ0) is 15.7. The molecule has 0 spiro atoms. The van der Waals surface area contributed by atoms with Crippen LogP contribution in [-0.4, -0.2) is 16.8 Å². The van der Waals surface area contributed by atoms with Crippen molar-refractivity contribution in [3.05, 3.63) is 45.9 Å². The first kappa shape index (κ1) is 15.2. The summed E-state index contributed by atoms with van der Waals surface area (Å²) in [5.74, 6) is -3.68. The molecular weight excluding hydrogens is 295 g/mol. The summed E-state index contributed by atoms with van der Waals surface area (Å²) in [6.07, 6.45) is 0. The van der Waals surface area contributed by atoms with Crippen LogP contribution in [0.1, 0.15) is 25.3 Å². The fraction of sp³-hybridized carbons (Fsp3) is 0.267. The van der Waals surface area contributed by atoms with Crippen LogP contribution in [0.5, 0.6) is 0 Å². The van der Waals surface area contributed by atoms with Crippen LogP contribution >= 0.6 is 11.6 Å². The molecule has 1 aromatic rings. The molecule has 0 fully saturated rings. The summed E-state index contributed by atoms with van der Waals surface area (Å²) in [7, 11) is 0. The number of aliphatic imine (C=N–C) groups is 1. The molecule has 108 valence electrons. The first-order valence-corrected chi connectivity index (χ1v) is 6.59. The molecule has 0 radical (unpaired) electrons. The lowest BCUT2D eigenvalue weighted by atomic mass is 9.76. The molecule has 0 aliphatic carbocycles. The number of carboxylic acids is 1. The Labute approximate surface area is 126 Å². The standard InChI is InChI=1S/C15H12ClFN2O2/c1-7-10(6-18)13(12(15(20)21)8(2)19-7)9-4-3-5-11(16)14(9)17/h3-5,10,13H,1-2H3,(H,20,21). The van der Waals surface area contributed by atoms with Crippen molar-refractivity contribution in [3.8, 4) is 6.07 Å². The monoisotopic (exact) mass is 306 g/mol. The molecule has 1 heterocycles. The average molecular weight is 307 g/mol. The molecular formula is C15H12ClFN2O2. The molecule has 2 atom stereocenters. The minimum Gasteiger partial charge on any atom is -0.478 e. The lowest BCUT2D eigenvalue weighted by Crippen LogP contribution is -2.29. The number of benzene rings is 1. The van der Waals surface area contributed by atoms with E-state index in [1.165, 1.54) is 25.1 Å². The third-order valence-corrected chi connectivity index (χ3v) is 3.81. The highest BCUT2D eigenvalue weighted by atomic mass is 35.5. The number of carboxylic acid groups (broad SMARTS) is 1. The minimum atomic E-state index is -1.21. The molecule has 4 nitrogen and oxygen atoms in total. The zero-order valence-electron chi connectivity index (χ0n) is 11.4. The van der Waals surface area contributed by atoms with E-state index in [-0.39, 0.29) is 21.9 Å². The SMILES string of the molecule is CC1=NC(C)=C(C(=O)O)C(c2cccc(Cl)c2F)C1C#N. The van der Waals surface area contributed by atoms with Gasteiger partial charge >= 0.3 is 5.97 Å². The number of nitrogens with zero attached hydrogens (tertiary/aromatic N) is 2. The molecule has 0 amide bonds. The Morgan fingerprint density at radius 3 is 2.71 bits per heavy atom. The first-order valence-electron chi connectivity index (χ1n) is 6.21. The maximum absolute atomic E-state index is 14.3. The van der Waals surface area contributed by atoms with Crippen molar-refractivity contribution in [3.63, 3.8) is 0 Å². The molecule has 21 heavy (non-hydrogen) atoms. The normalized spacial score (nSPS) is 21.8. The molecule has 0 saturated carbocycles. The minimum absolute atomic E-state index is 0.0756. The molecule has 0 aromatic heterocycles. The van der Waals surface area contributed by atoms with Gasteiger partial charge in [-0.15, -0.1) is 0 Å². The third kappa shape index (κ3) is 2.55. The van der Waals surface area contributed by atoms with Gasteiger partial charge in [0.15, 0.2) is 0 Å². The summed E-state index contributed by atoms with van der Waals surface area (Å²) in [6, 6.07) is 6.38. The fourth-order valence-electron chi connectivity index (χ4n) is 2.58. The number of halogens is 2. The number of aliphatic carboxylic acids is 1. The van der Waals surface area contributed by atoms with Crippen LogP contribution in [0, 0.1) is 23.1 Å². The van der Waals surface area contributed by atoms with Crippen LogP contribution in [0.15, 0.2) is 34.5 Å². The maximum Gasteiger partial charge on any atom is 0.334 e. The fourth-order valence-corrected chi connectivity index (χ4v) is 2.76. The number of nitriles is 1. The van der Waals surface area contributed by atoms with Gasteiger partial charge in [0, 0.05) is 17.3 Å². The van der Waals surface area contributed by atoms with Gasteiger partial charge < -0.3 is 5.11 Å². The van der Waals surface area contributed by atoms with Gasteiger partial charge in [0.25, 0.3) is 0 Å². The quantitative estimate of drug-likeness (QED) is 0.908. The van der Waals surface area contributed by atoms with E-state index in [1.807, 2.05) is 6.07 Å². The second kappa shape index (κ2) is 5.66. The van der Waals surface area contributed by atoms with E-state index in [1.54, 1.807) is 6.92 Å². The topological polar surface area (TPSA) is 73.4 Å². The van der Waals surface area contributed by atoms with Crippen molar-refractivity contribution in [1.82, 2.24) is 0 Å². The van der Waals surface area contributed by atoms with E-state index in [0.29, 0.717) is 5.71 Å². The van der Waals surface area contributed by atoms with Gasteiger partial charge in [-0.05, 0) is 25.5 Å². The number of rotatable bonds is 2. The molecule has 6 heteroatoms. The Balaban J connectivity index is 2.73. The number of hydrogen-bond acceptors (Lipinski definition) is 3. The second-order valence-corrected chi connectivity index (χ2v) is 5.19. The van der Waals surface area contributed by atoms with Crippen molar-refractivity contribution < 1.29 is 14.3 Å². The molecule has 0 saturated heterocycles. The highest BCUT2D eigenvalue weighted by Gasteiger charge is 2.38. The largest absolute Gasteiger partial charge is 0.478 e. The highest BCUT2D eigenvalue weighted by Crippen LogP contribution is 2.40. The summed E-state index contributed by atoms with van der Waals surface area (Å²) in [5, 5.41) is 18.6. The predicted octanol–water partition coefficient (Wildman–Crippen LogP) is 3.54.